The van der Waals surface area contributed by atoms with Gasteiger partial charge in [-0.2, -0.15) is 0 Å². The normalized spacial score (nSPS) is 20.0. The molecule has 0 amide bonds. The Morgan fingerprint density at radius 1 is 1.21 bits per heavy atom. The molecule has 1 saturated heterocycles. The highest BCUT2D eigenvalue weighted by molar-refractivity contribution is 7.18. The Labute approximate surface area is 174 Å². The van der Waals surface area contributed by atoms with Gasteiger partial charge in [-0.05, 0) is 56.8 Å². The Hall–Kier alpha value is -2.18. The number of para-hydroxylation sites is 1. The summed E-state index contributed by atoms with van der Waals surface area (Å²) < 4.78 is 7.18. The maximum atomic E-state index is 13.3. The van der Waals surface area contributed by atoms with E-state index in [1.807, 2.05) is 24.3 Å². The Morgan fingerprint density at radius 2 is 2.03 bits per heavy atom. The third kappa shape index (κ3) is 3.49. The number of ether oxygens (including phenoxy) is 1. The highest BCUT2D eigenvalue weighted by atomic mass is 32.1. The van der Waals surface area contributed by atoms with Gasteiger partial charge in [-0.1, -0.05) is 24.6 Å². The van der Waals surface area contributed by atoms with Crippen LogP contribution < -0.4 is 10.3 Å². The molecule has 29 heavy (non-hydrogen) atoms. The largest absolute Gasteiger partial charge is 0.496 e. The average molecular weight is 410 g/mol. The molecule has 0 N–H and O–H groups in total. The molecule has 0 unspecified atom stereocenters. The summed E-state index contributed by atoms with van der Waals surface area (Å²) in [6.45, 7) is 2.94. The van der Waals surface area contributed by atoms with E-state index in [0.717, 1.165) is 40.8 Å². The molecule has 2 aliphatic rings. The first-order valence-corrected chi connectivity index (χ1v) is 11.4. The number of methoxy groups -OCH3 is 1. The maximum absolute atomic E-state index is 13.3. The molecule has 5 nitrogen and oxygen atoms in total. The summed E-state index contributed by atoms with van der Waals surface area (Å²) in [4.78, 5) is 22.9. The lowest BCUT2D eigenvalue weighted by Crippen LogP contribution is -2.42. The van der Waals surface area contributed by atoms with Crippen molar-refractivity contribution in [2.24, 2.45) is 0 Å². The number of piperidine rings is 1. The summed E-state index contributed by atoms with van der Waals surface area (Å²) in [5.41, 5.74) is 2.33. The summed E-state index contributed by atoms with van der Waals surface area (Å²) in [6.07, 6.45) is 8.93. The maximum Gasteiger partial charge on any atom is 0.262 e. The van der Waals surface area contributed by atoms with E-state index in [1.165, 1.54) is 42.8 Å². The van der Waals surface area contributed by atoms with Gasteiger partial charge >= 0.3 is 0 Å². The van der Waals surface area contributed by atoms with E-state index in [9.17, 15) is 4.79 Å². The van der Waals surface area contributed by atoms with Crippen LogP contribution in [0.1, 0.15) is 41.7 Å². The van der Waals surface area contributed by atoms with Crippen molar-refractivity contribution in [1.82, 2.24) is 14.5 Å². The van der Waals surface area contributed by atoms with E-state index in [4.69, 9.17) is 4.74 Å². The minimum atomic E-state index is 0.0785. The van der Waals surface area contributed by atoms with Crippen LogP contribution in [0.5, 0.6) is 5.75 Å². The van der Waals surface area contributed by atoms with E-state index in [-0.39, 0.29) is 5.56 Å². The highest BCUT2D eigenvalue weighted by Gasteiger charge is 2.29. The first kappa shape index (κ1) is 18.8. The van der Waals surface area contributed by atoms with Gasteiger partial charge in [0.2, 0.25) is 0 Å². The SMILES string of the molecule is COc1ccccc1Cn1cnc2sc3c(c2c1=O)CC[C@@H](N1CCCCC1)C3. The topological polar surface area (TPSA) is 47.4 Å². The number of nitrogens with zero attached hydrogens (tertiary/aromatic N) is 3. The van der Waals surface area contributed by atoms with Gasteiger partial charge in [-0.25, -0.2) is 4.98 Å². The van der Waals surface area contributed by atoms with Crippen LogP contribution >= 0.6 is 11.3 Å². The number of aromatic nitrogens is 2. The highest BCUT2D eigenvalue weighted by Crippen LogP contribution is 2.35. The number of likely N-dealkylation sites (tertiary alicyclic amines) is 1. The molecule has 152 valence electrons. The van der Waals surface area contributed by atoms with Crippen molar-refractivity contribution in [2.45, 2.75) is 51.1 Å². The van der Waals surface area contributed by atoms with Crippen molar-refractivity contribution in [2.75, 3.05) is 20.2 Å². The Kier molecular flexibility index (Phi) is 5.14. The number of hydrogen-bond donors (Lipinski definition) is 0. The molecule has 0 saturated carbocycles. The standard InChI is InChI=1S/C23H27N3O2S/c1-28-19-8-4-3-7-16(19)14-26-15-24-22-21(23(26)27)18-10-9-17(13-20(18)29-22)25-11-5-2-6-12-25/h3-4,7-8,15,17H,2,5-6,9-14H2,1H3/t17-/m1/s1. The van der Waals surface area contributed by atoms with Gasteiger partial charge in [0.25, 0.3) is 5.56 Å². The Balaban J connectivity index is 1.47. The molecule has 0 bridgehead atoms. The van der Waals surface area contributed by atoms with Crippen LogP contribution in [0.25, 0.3) is 10.2 Å². The van der Waals surface area contributed by atoms with Gasteiger partial charge in [0, 0.05) is 16.5 Å². The monoisotopic (exact) mass is 409 g/mol. The van der Waals surface area contributed by atoms with Crippen molar-refractivity contribution in [3.63, 3.8) is 0 Å². The lowest BCUT2D eigenvalue weighted by Gasteiger charge is -2.36. The molecule has 1 aliphatic heterocycles. The van der Waals surface area contributed by atoms with E-state index in [1.54, 1.807) is 29.3 Å². The fourth-order valence-electron chi connectivity index (χ4n) is 4.91. The molecule has 5 rings (SSSR count). The molecule has 1 fully saturated rings. The number of aryl methyl sites for hydroxylation is 1. The summed E-state index contributed by atoms with van der Waals surface area (Å²) >= 11 is 1.73. The zero-order valence-electron chi connectivity index (χ0n) is 16.9. The van der Waals surface area contributed by atoms with Crippen LogP contribution in [0, 0.1) is 0 Å². The van der Waals surface area contributed by atoms with Gasteiger partial charge in [0.1, 0.15) is 10.6 Å². The molecule has 0 radical (unpaired) electrons. The second kappa shape index (κ2) is 7.92. The Bertz CT molecular complexity index is 1080. The summed E-state index contributed by atoms with van der Waals surface area (Å²) in [5, 5.41) is 0.847. The third-order valence-electron chi connectivity index (χ3n) is 6.45. The van der Waals surface area contributed by atoms with Crippen molar-refractivity contribution >= 4 is 21.6 Å². The minimum absolute atomic E-state index is 0.0785. The molecule has 1 aromatic carbocycles. The number of hydrogen-bond acceptors (Lipinski definition) is 5. The molecule has 2 aromatic heterocycles. The third-order valence-corrected chi connectivity index (χ3v) is 7.61. The zero-order valence-corrected chi connectivity index (χ0v) is 17.7. The Morgan fingerprint density at radius 3 is 2.86 bits per heavy atom. The van der Waals surface area contributed by atoms with Crippen molar-refractivity contribution < 1.29 is 4.74 Å². The van der Waals surface area contributed by atoms with Gasteiger partial charge < -0.3 is 9.64 Å². The average Bonchev–Trinajstić information content (AvgIpc) is 3.15. The van der Waals surface area contributed by atoms with Gasteiger partial charge in [0.05, 0.1) is 25.4 Å². The van der Waals surface area contributed by atoms with E-state index in [0.29, 0.717) is 12.6 Å². The second-order valence-electron chi connectivity index (χ2n) is 8.17. The molecule has 1 aliphatic carbocycles. The molecule has 3 heterocycles. The molecule has 1 atom stereocenters. The van der Waals surface area contributed by atoms with Crippen molar-refractivity contribution in [3.8, 4) is 5.75 Å². The minimum Gasteiger partial charge on any atom is -0.496 e. The first-order valence-electron chi connectivity index (χ1n) is 10.6. The number of thiophene rings is 1. The van der Waals surface area contributed by atoms with E-state index in [2.05, 4.69) is 9.88 Å². The summed E-state index contributed by atoms with van der Waals surface area (Å²) in [7, 11) is 1.66. The molecule has 0 spiro atoms. The predicted molar refractivity (Wildman–Crippen MR) is 117 cm³/mol. The van der Waals surface area contributed by atoms with E-state index < -0.39 is 0 Å². The first-order chi connectivity index (χ1) is 14.2. The van der Waals surface area contributed by atoms with Gasteiger partial charge in [-0.15, -0.1) is 11.3 Å². The molecule has 3 aromatic rings. The van der Waals surface area contributed by atoms with E-state index >= 15 is 0 Å². The zero-order chi connectivity index (χ0) is 19.8. The molecular weight excluding hydrogens is 382 g/mol. The van der Waals surface area contributed by atoms with Crippen LogP contribution in [0.4, 0.5) is 0 Å². The lowest BCUT2D eigenvalue weighted by atomic mass is 9.91. The van der Waals surface area contributed by atoms with Gasteiger partial charge in [-0.3, -0.25) is 9.36 Å². The van der Waals surface area contributed by atoms with Crippen molar-refractivity contribution in [1.29, 1.82) is 0 Å². The van der Waals surface area contributed by atoms with Crippen LogP contribution in [-0.4, -0.2) is 40.7 Å². The molecular formula is C23H27N3O2S. The van der Waals surface area contributed by atoms with Crippen LogP contribution in [0.2, 0.25) is 0 Å². The van der Waals surface area contributed by atoms with Gasteiger partial charge in [0.15, 0.2) is 0 Å². The fraction of sp³-hybridized carbons (Fsp3) is 0.478. The quantitative estimate of drug-likeness (QED) is 0.657. The van der Waals surface area contributed by atoms with Crippen LogP contribution in [-0.2, 0) is 19.4 Å². The van der Waals surface area contributed by atoms with Crippen molar-refractivity contribution in [3.05, 3.63) is 57.0 Å². The predicted octanol–water partition coefficient (Wildman–Crippen LogP) is 3.86. The number of rotatable bonds is 4. The smallest absolute Gasteiger partial charge is 0.262 e. The number of benzene rings is 1. The van der Waals surface area contributed by atoms with Crippen LogP contribution in [0.3, 0.4) is 0 Å². The number of fused-ring (bicyclic) bond motifs is 3. The summed E-state index contributed by atoms with van der Waals surface area (Å²) in [5.74, 6) is 0.802. The molecule has 6 heteroatoms. The lowest BCUT2D eigenvalue weighted by molar-refractivity contribution is 0.151. The second-order valence-corrected chi connectivity index (χ2v) is 9.25. The van der Waals surface area contributed by atoms with Crippen LogP contribution in [0.15, 0.2) is 35.4 Å². The summed E-state index contributed by atoms with van der Waals surface area (Å²) in [6, 6.07) is 8.48. The fourth-order valence-corrected chi connectivity index (χ4v) is 6.16.